The van der Waals surface area contributed by atoms with Crippen LogP contribution in [-0.2, 0) is 6.42 Å². The van der Waals surface area contributed by atoms with Crippen molar-refractivity contribution in [3.63, 3.8) is 0 Å². The molecular weight excluding hydrogens is 262 g/mol. The third kappa shape index (κ3) is 3.64. The summed E-state index contributed by atoms with van der Waals surface area (Å²) in [5, 5.41) is 11.1. The van der Waals surface area contributed by atoms with E-state index in [1.807, 2.05) is 11.4 Å². The SMILES string of the molecule is NCC#Cc1ccsc1C(=O)NCCc1ncn[nH]1. The van der Waals surface area contributed by atoms with Crippen LogP contribution in [0.2, 0.25) is 0 Å². The topological polar surface area (TPSA) is 96.7 Å². The summed E-state index contributed by atoms with van der Waals surface area (Å²) < 4.78 is 0. The van der Waals surface area contributed by atoms with E-state index in [2.05, 4.69) is 32.3 Å². The predicted octanol–water partition coefficient (Wildman–Crippen LogP) is 0.149. The number of rotatable bonds is 4. The molecule has 0 aliphatic carbocycles. The fourth-order valence-corrected chi connectivity index (χ4v) is 2.22. The minimum Gasteiger partial charge on any atom is -0.351 e. The number of hydrogen-bond acceptors (Lipinski definition) is 5. The molecule has 98 valence electrons. The highest BCUT2D eigenvalue weighted by Gasteiger charge is 2.11. The van der Waals surface area contributed by atoms with Gasteiger partial charge in [0.1, 0.15) is 17.0 Å². The molecule has 0 atom stereocenters. The molecule has 6 nitrogen and oxygen atoms in total. The Hall–Kier alpha value is -2.17. The molecule has 0 unspecified atom stereocenters. The second-order valence-electron chi connectivity index (χ2n) is 3.61. The van der Waals surface area contributed by atoms with Gasteiger partial charge in [-0.3, -0.25) is 9.89 Å². The lowest BCUT2D eigenvalue weighted by atomic mass is 10.2. The highest BCUT2D eigenvalue weighted by atomic mass is 32.1. The molecule has 2 aromatic rings. The Morgan fingerprint density at radius 3 is 3.21 bits per heavy atom. The van der Waals surface area contributed by atoms with Crippen LogP contribution in [0.15, 0.2) is 17.8 Å². The molecule has 0 saturated carbocycles. The van der Waals surface area contributed by atoms with E-state index in [-0.39, 0.29) is 12.5 Å². The lowest BCUT2D eigenvalue weighted by molar-refractivity contribution is 0.0958. The fourth-order valence-electron chi connectivity index (χ4n) is 1.46. The van der Waals surface area contributed by atoms with Gasteiger partial charge >= 0.3 is 0 Å². The number of aromatic nitrogens is 3. The second-order valence-corrected chi connectivity index (χ2v) is 4.52. The van der Waals surface area contributed by atoms with E-state index in [1.54, 1.807) is 0 Å². The number of thiophene rings is 1. The van der Waals surface area contributed by atoms with Gasteiger partial charge in [0, 0.05) is 18.5 Å². The number of carbonyl (C=O) groups excluding carboxylic acids is 1. The molecule has 7 heteroatoms. The van der Waals surface area contributed by atoms with Crippen molar-refractivity contribution in [1.82, 2.24) is 20.5 Å². The lowest BCUT2D eigenvalue weighted by Gasteiger charge is -2.02. The minimum absolute atomic E-state index is 0.129. The lowest BCUT2D eigenvalue weighted by Crippen LogP contribution is -2.25. The molecule has 0 saturated heterocycles. The molecule has 4 N–H and O–H groups in total. The van der Waals surface area contributed by atoms with Gasteiger partial charge in [0.15, 0.2) is 0 Å². The summed E-state index contributed by atoms with van der Waals surface area (Å²) in [5.74, 6) is 6.25. The minimum atomic E-state index is -0.129. The highest BCUT2D eigenvalue weighted by molar-refractivity contribution is 7.12. The van der Waals surface area contributed by atoms with Crippen molar-refractivity contribution in [2.24, 2.45) is 5.73 Å². The molecule has 0 spiro atoms. The van der Waals surface area contributed by atoms with Crippen molar-refractivity contribution in [1.29, 1.82) is 0 Å². The van der Waals surface area contributed by atoms with Crippen LogP contribution in [0.5, 0.6) is 0 Å². The number of hydrogen-bond donors (Lipinski definition) is 3. The second kappa shape index (κ2) is 6.68. The molecule has 2 rings (SSSR count). The van der Waals surface area contributed by atoms with Crippen molar-refractivity contribution >= 4 is 17.2 Å². The van der Waals surface area contributed by atoms with E-state index in [4.69, 9.17) is 5.73 Å². The van der Waals surface area contributed by atoms with Crippen LogP contribution in [0.25, 0.3) is 0 Å². The summed E-state index contributed by atoms with van der Waals surface area (Å²) in [6, 6.07) is 1.82. The summed E-state index contributed by atoms with van der Waals surface area (Å²) >= 11 is 1.36. The summed E-state index contributed by atoms with van der Waals surface area (Å²) in [6.07, 6.45) is 2.05. The summed E-state index contributed by atoms with van der Waals surface area (Å²) in [6.45, 7) is 0.776. The van der Waals surface area contributed by atoms with Crippen LogP contribution < -0.4 is 11.1 Å². The normalized spacial score (nSPS) is 9.74. The van der Waals surface area contributed by atoms with Crippen LogP contribution in [0.1, 0.15) is 21.1 Å². The molecule has 2 aromatic heterocycles. The molecule has 1 amide bonds. The first-order valence-corrected chi connectivity index (χ1v) is 6.58. The predicted molar refractivity (Wildman–Crippen MR) is 72.7 cm³/mol. The average molecular weight is 275 g/mol. The molecule has 19 heavy (non-hydrogen) atoms. The van der Waals surface area contributed by atoms with Crippen LogP contribution in [0.4, 0.5) is 0 Å². The largest absolute Gasteiger partial charge is 0.351 e. The highest BCUT2D eigenvalue weighted by Crippen LogP contribution is 2.15. The first-order valence-electron chi connectivity index (χ1n) is 5.70. The van der Waals surface area contributed by atoms with Crippen LogP contribution >= 0.6 is 11.3 Å². The van der Waals surface area contributed by atoms with Gasteiger partial charge in [-0.15, -0.1) is 11.3 Å². The number of aromatic amines is 1. The maximum absolute atomic E-state index is 12.0. The standard InChI is InChI=1S/C12H13N5OS/c13-5-1-2-9-4-7-19-11(9)12(18)14-6-3-10-15-8-16-17-10/h4,7-8H,3,5-6,13H2,(H,14,18)(H,15,16,17). The van der Waals surface area contributed by atoms with Crippen molar-refractivity contribution < 1.29 is 4.79 Å². The first kappa shape index (κ1) is 13.3. The van der Waals surface area contributed by atoms with Gasteiger partial charge in [0.05, 0.1) is 6.54 Å². The van der Waals surface area contributed by atoms with E-state index in [0.717, 1.165) is 5.82 Å². The van der Waals surface area contributed by atoms with Gasteiger partial charge in [-0.2, -0.15) is 5.10 Å². The summed E-state index contributed by atoms with van der Waals surface area (Å²) in [7, 11) is 0. The van der Waals surface area contributed by atoms with Gasteiger partial charge in [0.2, 0.25) is 0 Å². The molecule has 0 aliphatic heterocycles. The summed E-state index contributed by atoms with van der Waals surface area (Å²) in [5.41, 5.74) is 6.03. The van der Waals surface area contributed by atoms with Crippen molar-refractivity contribution in [3.8, 4) is 11.8 Å². The Morgan fingerprint density at radius 1 is 1.58 bits per heavy atom. The smallest absolute Gasteiger partial charge is 0.262 e. The number of nitrogens with one attached hydrogen (secondary N) is 2. The zero-order valence-corrected chi connectivity index (χ0v) is 11.0. The number of H-pyrrole nitrogens is 1. The third-order valence-corrected chi connectivity index (χ3v) is 3.22. The molecule has 0 bridgehead atoms. The monoisotopic (exact) mass is 275 g/mol. The first-order chi connectivity index (χ1) is 9.31. The fraction of sp³-hybridized carbons (Fsp3) is 0.250. The van der Waals surface area contributed by atoms with Gasteiger partial charge in [-0.25, -0.2) is 4.98 Å². The molecule has 0 radical (unpaired) electrons. The molecule has 0 fully saturated rings. The number of amides is 1. The zero-order chi connectivity index (χ0) is 13.5. The van der Waals surface area contributed by atoms with Crippen LogP contribution in [0.3, 0.4) is 0 Å². The maximum Gasteiger partial charge on any atom is 0.262 e. The Bertz CT molecular complexity index is 593. The van der Waals surface area contributed by atoms with E-state index in [0.29, 0.717) is 23.4 Å². The van der Waals surface area contributed by atoms with Gasteiger partial charge in [-0.1, -0.05) is 11.8 Å². The third-order valence-electron chi connectivity index (χ3n) is 2.31. The van der Waals surface area contributed by atoms with Gasteiger partial charge in [-0.05, 0) is 11.4 Å². The number of nitrogens with zero attached hydrogens (tertiary/aromatic N) is 2. The van der Waals surface area contributed by atoms with Gasteiger partial charge < -0.3 is 11.1 Å². The van der Waals surface area contributed by atoms with E-state index in [1.165, 1.54) is 17.7 Å². The maximum atomic E-state index is 12.0. The number of carbonyl (C=O) groups is 1. The van der Waals surface area contributed by atoms with Gasteiger partial charge in [0.25, 0.3) is 5.91 Å². The molecule has 0 aromatic carbocycles. The Kier molecular flexibility index (Phi) is 4.66. The molecule has 0 aliphatic rings. The molecule has 2 heterocycles. The van der Waals surface area contributed by atoms with E-state index in [9.17, 15) is 4.79 Å². The average Bonchev–Trinajstić information content (AvgIpc) is 3.07. The summed E-state index contributed by atoms with van der Waals surface area (Å²) in [4.78, 5) is 16.6. The molecular formula is C12H13N5OS. The Balaban J connectivity index is 1.91. The Morgan fingerprint density at radius 2 is 2.47 bits per heavy atom. The quantitative estimate of drug-likeness (QED) is 0.692. The van der Waals surface area contributed by atoms with Crippen molar-refractivity contribution in [3.05, 3.63) is 34.0 Å². The van der Waals surface area contributed by atoms with E-state index >= 15 is 0 Å². The van der Waals surface area contributed by atoms with Crippen LogP contribution in [-0.4, -0.2) is 34.2 Å². The van der Waals surface area contributed by atoms with Crippen molar-refractivity contribution in [2.45, 2.75) is 6.42 Å². The number of nitrogens with two attached hydrogens (primary N) is 1. The van der Waals surface area contributed by atoms with E-state index < -0.39 is 0 Å². The van der Waals surface area contributed by atoms with Crippen molar-refractivity contribution in [2.75, 3.05) is 13.1 Å². The van der Waals surface area contributed by atoms with Crippen LogP contribution in [0, 0.1) is 11.8 Å². The zero-order valence-electron chi connectivity index (χ0n) is 10.1. The Labute approximate surface area is 114 Å².